The number of phenols is 1. The molecule has 1 aromatic heterocycles. The third kappa shape index (κ3) is 2.33. The fraction of sp³-hybridized carbons (Fsp3) is 0.188. The van der Waals surface area contributed by atoms with E-state index in [-0.39, 0.29) is 22.7 Å². The standard InChI is InChI=1S/C16H15N3O3/c1-8-4-5-12(20)9(2)13(8)10-7-19-11(6-17)14(15(10)18)16(21)22-3/h4-5,7,20H,1-3H3,(H2,18,19). The third-order valence-corrected chi connectivity index (χ3v) is 3.53. The van der Waals surface area contributed by atoms with Crippen LogP contribution in [0.4, 0.5) is 5.69 Å². The lowest BCUT2D eigenvalue weighted by Gasteiger charge is -2.15. The second-order valence-electron chi connectivity index (χ2n) is 4.81. The minimum atomic E-state index is -0.723. The lowest BCUT2D eigenvalue weighted by atomic mass is 9.93. The van der Waals surface area contributed by atoms with Crippen LogP contribution in [-0.4, -0.2) is 23.2 Å². The average Bonchev–Trinajstić information content (AvgIpc) is 2.51. The van der Waals surface area contributed by atoms with Crippen molar-refractivity contribution in [2.24, 2.45) is 0 Å². The van der Waals surface area contributed by atoms with Gasteiger partial charge in [0.05, 0.1) is 12.8 Å². The van der Waals surface area contributed by atoms with Crippen LogP contribution in [0.15, 0.2) is 18.3 Å². The Morgan fingerprint density at radius 2 is 2.09 bits per heavy atom. The first-order valence-electron chi connectivity index (χ1n) is 6.48. The molecule has 0 bridgehead atoms. The van der Waals surface area contributed by atoms with Gasteiger partial charge in [0.25, 0.3) is 0 Å². The van der Waals surface area contributed by atoms with Gasteiger partial charge in [-0.3, -0.25) is 0 Å². The zero-order valence-corrected chi connectivity index (χ0v) is 12.5. The Morgan fingerprint density at radius 1 is 1.41 bits per heavy atom. The molecule has 0 saturated heterocycles. The van der Waals surface area contributed by atoms with Gasteiger partial charge >= 0.3 is 5.97 Å². The molecule has 0 atom stereocenters. The van der Waals surface area contributed by atoms with E-state index in [2.05, 4.69) is 9.72 Å². The maximum atomic E-state index is 11.9. The predicted molar refractivity (Wildman–Crippen MR) is 81.3 cm³/mol. The number of esters is 1. The number of pyridine rings is 1. The Kier molecular flexibility index (Phi) is 4.00. The van der Waals surface area contributed by atoms with Crippen molar-refractivity contribution in [2.75, 3.05) is 12.8 Å². The number of aryl methyl sites for hydroxylation is 1. The summed E-state index contributed by atoms with van der Waals surface area (Å²) in [4.78, 5) is 15.9. The van der Waals surface area contributed by atoms with Gasteiger partial charge in [-0.2, -0.15) is 5.26 Å². The highest BCUT2D eigenvalue weighted by Crippen LogP contribution is 2.37. The quantitative estimate of drug-likeness (QED) is 0.823. The number of rotatable bonds is 2. The van der Waals surface area contributed by atoms with Crippen LogP contribution in [0.3, 0.4) is 0 Å². The van der Waals surface area contributed by atoms with Crippen LogP contribution in [0.5, 0.6) is 5.75 Å². The number of aromatic hydroxyl groups is 1. The molecule has 0 amide bonds. The summed E-state index contributed by atoms with van der Waals surface area (Å²) in [5, 5.41) is 19.0. The number of nitrogens with zero attached hydrogens (tertiary/aromatic N) is 2. The van der Waals surface area contributed by atoms with E-state index in [1.807, 2.05) is 13.0 Å². The number of carbonyl (C=O) groups excluding carboxylic acids is 1. The molecule has 112 valence electrons. The normalized spacial score (nSPS) is 10.1. The lowest BCUT2D eigenvalue weighted by Crippen LogP contribution is -2.11. The van der Waals surface area contributed by atoms with E-state index < -0.39 is 5.97 Å². The van der Waals surface area contributed by atoms with E-state index in [0.29, 0.717) is 16.7 Å². The molecular weight excluding hydrogens is 282 g/mol. The molecule has 22 heavy (non-hydrogen) atoms. The first-order valence-corrected chi connectivity index (χ1v) is 6.48. The second-order valence-corrected chi connectivity index (χ2v) is 4.81. The van der Waals surface area contributed by atoms with E-state index in [0.717, 1.165) is 5.56 Å². The zero-order chi connectivity index (χ0) is 16.4. The summed E-state index contributed by atoms with van der Waals surface area (Å²) in [5.41, 5.74) is 8.67. The van der Waals surface area contributed by atoms with Crippen molar-refractivity contribution in [3.05, 3.63) is 40.7 Å². The van der Waals surface area contributed by atoms with Gasteiger partial charge in [0.1, 0.15) is 17.4 Å². The largest absolute Gasteiger partial charge is 0.508 e. The van der Waals surface area contributed by atoms with Crippen LogP contribution in [0.25, 0.3) is 11.1 Å². The summed E-state index contributed by atoms with van der Waals surface area (Å²) < 4.78 is 4.68. The number of nitriles is 1. The van der Waals surface area contributed by atoms with Crippen LogP contribution in [-0.2, 0) is 4.74 Å². The molecule has 0 spiro atoms. The van der Waals surface area contributed by atoms with Crippen molar-refractivity contribution in [2.45, 2.75) is 13.8 Å². The van der Waals surface area contributed by atoms with Gasteiger partial charge < -0.3 is 15.6 Å². The first kappa shape index (κ1) is 15.3. The summed E-state index contributed by atoms with van der Waals surface area (Å²) >= 11 is 0. The molecule has 0 aliphatic heterocycles. The summed E-state index contributed by atoms with van der Waals surface area (Å²) in [6.45, 7) is 3.60. The minimum Gasteiger partial charge on any atom is -0.508 e. The minimum absolute atomic E-state index is 0.0651. The number of hydrogen-bond acceptors (Lipinski definition) is 6. The molecule has 0 aliphatic carbocycles. The van der Waals surface area contributed by atoms with Crippen molar-refractivity contribution < 1.29 is 14.6 Å². The first-order chi connectivity index (χ1) is 10.4. The number of nitrogens with two attached hydrogens (primary N) is 1. The molecule has 2 rings (SSSR count). The van der Waals surface area contributed by atoms with Crippen molar-refractivity contribution in [1.82, 2.24) is 4.98 Å². The molecule has 1 aromatic carbocycles. The fourth-order valence-electron chi connectivity index (χ4n) is 2.37. The van der Waals surface area contributed by atoms with Crippen molar-refractivity contribution in [3.8, 4) is 22.9 Å². The van der Waals surface area contributed by atoms with E-state index in [1.165, 1.54) is 13.3 Å². The number of hydrogen-bond donors (Lipinski definition) is 2. The van der Waals surface area contributed by atoms with Crippen molar-refractivity contribution in [3.63, 3.8) is 0 Å². The average molecular weight is 297 g/mol. The van der Waals surface area contributed by atoms with Gasteiger partial charge in [0.2, 0.25) is 0 Å². The molecule has 2 aromatic rings. The third-order valence-electron chi connectivity index (χ3n) is 3.53. The molecule has 1 heterocycles. The highest BCUT2D eigenvalue weighted by molar-refractivity contribution is 6.01. The van der Waals surface area contributed by atoms with Gasteiger partial charge in [-0.1, -0.05) is 6.07 Å². The van der Waals surface area contributed by atoms with E-state index >= 15 is 0 Å². The van der Waals surface area contributed by atoms with Gasteiger partial charge in [-0.15, -0.1) is 0 Å². The molecule has 0 radical (unpaired) electrons. The number of methoxy groups -OCH3 is 1. The molecule has 0 aliphatic rings. The second kappa shape index (κ2) is 5.74. The van der Waals surface area contributed by atoms with E-state index in [9.17, 15) is 9.90 Å². The summed E-state index contributed by atoms with van der Waals surface area (Å²) in [7, 11) is 1.21. The van der Waals surface area contributed by atoms with Gasteiger partial charge in [0.15, 0.2) is 5.69 Å². The molecule has 3 N–H and O–H groups in total. The molecular formula is C16H15N3O3. The monoisotopic (exact) mass is 297 g/mol. The number of ether oxygens (including phenoxy) is 1. The number of benzene rings is 1. The molecule has 0 saturated carbocycles. The van der Waals surface area contributed by atoms with Crippen molar-refractivity contribution >= 4 is 11.7 Å². The Morgan fingerprint density at radius 3 is 2.68 bits per heavy atom. The molecule has 0 unspecified atom stereocenters. The number of carbonyl (C=O) groups is 1. The highest BCUT2D eigenvalue weighted by Gasteiger charge is 2.22. The Balaban J connectivity index is 2.83. The highest BCUT2D eigenvalue weighted by atomic mass is 16.5. The van der Waals surface area contributed by atoms with Crippen LogP contribution < -0.4 is 5.73 Å². The van der Waals surface area contributed by atoms with Gasteiger partial charge in [0, 0.05) is 11.8 Å². The molecule has 6 nitrogen and oxygen atoms in total. The molecule has 6 heteroatoms. The lowest BCUT2D eigenvalue weighted by molar-refractivity contribution is 0.0601. The topological polar surface area (TPSA) is 109 Å². The summed E-state index contributed by atoms with van der Waals surface area (Å²) in [6.07, 6.45) is 1.43. The van der Waals surface area contributed by atoms with E-state index in [4.69, 9.17) is 11.0 Å². The maximum Gasteiger partial charge on any atom is 0.342 e. The number of nitrogen functional groups attached to an aromatic ring is 1. The number of anilines is 1. The van der Waals surface area contributed by atoms with Gasteiger partial charge in [-0.05, 0) is 36.6 Å². The SMILES string of the molecule is COC(=O)c1c(C#N)ncc(-c2c(C)ccc(O)c2C)c1N. The Hall–Kier alpha value is -3.07. The fourth-order valence-corrected chi connectivity index (χ4v) is 2.37. The van der Waals surface area contributed by atoms with Crippen molar-refractivity contribution in [1.29, 1.82) is 5.26 Å². The Bertz CT molecular complexity index is 807. The maximum absolute atomic E-state index is 11.9. The Labute approximate surface area is 127 Å². The summed E-state index contributed by atoms with van der Waals surface area (Å²) in [5.74, 6) is -0.608. The van der Waals surface area contributed by atoms with Crippen LogP contribution in [0.2, 0.25) is 0 Å². The summed E-state index contributed by atoms with van der Waals surface area (Å²) in [6, 6.07) is 5.16. The van der Waals surface area contributed by atoms with Gasteiger partial charge in [-0.25, -0.2) is 9.78 Å². The smallest absolute Gasteiger partial charge is 0.342 e. The molecule has 0 fully saturated rings. The van der Waals surface area contributed by atoms with Crippen LogP contribution in [0, 0.1) is 25.2 Å². The predicted octanol–water partition coefficient (Wildman–Crippen LogP) is 2.31. The van der Waals surface area contributed by atoms with E-state index in [1.54, 1.807) is 19.1 Å². The van der Waals surface area contributed by atoms with Crippen LogP contribution in [0.1, 0.15) is 27.2 Å². The van der Waals surface area contributed by atoms with Crippen LogP contribution >= 0.6 is 0 Å². The zero-order valence-electron chi connectivity index (χ0n) is 12.5. The number of phenolic OH excluding ortho intramolecular Hbond substituents is 1. The number of aromatic nitrogens is 1.